The van der Waals surface area contributed by atoms with Crippen molar-refractivity contribution in [3.05, 3.63) is 42.5 Å². The molecule has 1 atom stereocenters. The zero-order valence-corrected chi connectivity index (χ0v) is 12.9. The number of carbonyl (C=O) groups excluding carboxylic acids is 1. The SMILES string of the molecule is C=CCNC(=O)[C@H]1CCCN1S(=O)(=O)c1ccc(C)cc1. The van der Waals surface area contributed by atoms with Gasteiger partial charge in [-0.3, -0.25) is 4.79 Å². The highest BCUT2D eigenvalue weighted by molar-refractivity contribution is 7.89. The topological polar surface area (TPSA) is 66.5 Å². The molecule has 1 aromatic carbocycles. The predicted molar refractivity (Wildman–Crippen MR) is 81.3 cm³/mol. The maximum atomic E-state index is 12.7. The number of amides is 1. The average molecular weight is 308 g/mol. The van der Waals surface area contributed by atoms with E-state index in [4.69, 9.17) is 0 Å². The predicted octanol–water partition coefficient (Wildman–Crippen LogP) is 1.45. The Kier molecular flexibility index (Phi) is 4.80. The average Bonchev–Trinajstić information content (AvgIpc) is 2.95. The molecular weight excluding hydrogens is 288 g/mol. The molecule has 0 aliphatic carbocycles. The zero-order valence-electron chi connectivity index (χ0n) is 12.1. The molecule has 21 heavy (non-hydrogen) atoms. The van der Waals surface area contributed by atoms with E-state index in [9.17, 15) is 13.2 Å². The maximum absolute atomic E-state index is 12.7. The third kappa shape index (κ3) is 3.33. The normalized spacial score (nSPS) is 19.4. The second kappa shape index (κ2) is 6.41. The standard InChI is InChI=1S/C15H20N2O3S/c1-3-10-16-15(18)14-5-4-11-17(14)21(19,20)13-8-6-12(2)7-9-13/h3,6-9,14H,1,4-5,10-11H2,2H3,(H,16,18)/t14-/m1/s1. The molecule has 114 valence electrons. The second-order valence-electron chi connectivity index (χ2n) is 5.12. The molecule has 1 N–H and O–H groups in total. The first kappa shape index (κ1) is 15.7. The van der Waals surface area contributed by atoms with Crippen molar-refractivity contribution in [3.63, 3.8) is 0 Å². The Balaban J connectivity index is 2.24. The van der Waals surface area contributed by atoms with Crippen LogP contribution in [-0.2, 0) is 14.8 Å². The molecule has 1 aliphatic rings. The lowest BCUT2D eigenvalue weighted by Crippen LogP contribution is -2.45. The molecule has 1 amide bonds. The number of sulfonamides is 1. The van der Waals surface area contributed by atoms with E-state index in [1.54, 1.807) is 30.3 Å². The van der Waals surface area contributed by atoms with Gasteiger partial charge in [0.25, 0.3) is 0 Å². The highest BCUT2D eigenvalue weighted by Crippen LogP contribution is 2.26. The lowest BCUT2D eigenvalue weighted by atomic mass is 10.2. The third-order valence-corrected chi connectivity index (χ3v) is 5.48. The molecule has 1 saturated heterocycles. The Morgan fingerprint density at radius 2 is 2.10 bits per heavy atom. The van der Waals surface area contributed by atoms with E-state index >= 15 is 0 Å². The van der Waals surface area contributed by atoms with Crippen molar-refractivity contribution in [1.82, 2.24) is 9.62 Å². The van der Waals surface area contributed by atoms with Crippen molar-refractivity contribution in [2.45, 2.75) is 30.7 Å². The molecule has 0 spiro atoms. The Hall–Kier alpha value is -1.66. The summed E-state index contributed by atoms with van der Waals surface area (Å²) in [6, 6.07) is 6.06. The van der Waals surface area contributed by atoms with Crippen LogP contribution in [0.25, 0.3) is 0 Å². The summed E-state index contributed by atoms with van der Waals surface area (Å²) in [5.74, 6) is -0.261. The molecule has 0 saturated carbocycles. The molecule has 1 aromatic rings. The molecule has 1 aliphatic heterocycles. The first-order valence-corrected chi connectivity index (χ1v) is 8.38. The summed E-state index contributed by atoms with van der Waals surface area (Å²) in [6.07, 6.45) is 2.82. The van der Waals surface area contributed by atoms with E-state index in [1.165, 1.54) is 4.31 Å². The van der Waals surface area contributed by atoms with Crippen molar-refractivity contribution in [3.8, 4) is 0 Å². The molecule has 1 fully saturated rings. The van der Waals surface area contributed by atoms with Gasteiger partial charge in [-0.1, -0.05) is 23.8 Å². The van der Waals surface area contributed by atoms with Crippen LogP contribution in [0.4, 0.5) is 0 Å². The fourth-order valence-electron chi connectivity index (χ4n) is 2.43. The summed E-state index contributed by atoms with van der Waals surface area (Å²) in [4.78, 5) is 12.3. The molecule has 0 radical (unpaired) electrons. The fraction of sp³-hybridized carbons (Fsp3) is 0.400. The molecule has 2 rings (SSSR count). The summed E-state index contributed by atoms with van der Waals surface area (Å²) in [7, 11) is -3.63. The maximum Gasteiger partial charge on any atom is 0.243 e. The Labute approximate surface area is 125 Å². The zero-order chi connectivity index (χ0) is 15.5. The Bertz CT molecular complexity index is 623. The van der Waals surface area contributed by atoms with Crippen LogP contribution in [0.1, 0.15) is 18.4 Å². The van der Waals surface area contributed by atoms with Crippen LogP contribution in [0.2, 0.25) is 0 Å². The van der Waals surface area contributed by atoms with E-state index in [1.807, 2.05) is 6.92 Å². The number of hydrogen-bond acceptors (Lipinski definition) is 3. The lowest BCUT2D eigenvalue weighted by molar-refractivity contribution is -0.123. The van der Waals surface area contributed by atoms with Gasteiger partial charge in [-0.05, 0) is 31.9 Å². The van der Waals surface area contributed by atoms with Gasteiger partial charge in [0.15, 0.2) is 0 Å². The number of rotatable bonds is 5. The van der Waals surface area contributed by atoms with Crippen molar-refractivity contribution >= 4 is 15.9 Å². The number of aryl methyl sites for hydroxylation is 1. The second-order valence-corrected chi connectivity index (χ2v) is 7.01. The Morgan fingerprint density at radius 3 is 2.71 bits per heavy atom. The molecule has 6 heteroatoms. The van der Waals surface area contributed by atoms with Gasteiger partial charge in [0.05, 0.1) is 4.90 Å². The molecular formula is C15H20N2O3S. The van der Waals surface area contributed by atoms with Gasteiger partial charge in [-0.25, -0.2) is 8.42 Å². The van der Waals surface area contributed by atoms with Crippen LogP contribution in [0.15, 0.2) is 41.8 Å². The Morgan fingerprint density at radius 1 is 1.43 bits per heavy atom. The van der Waals surface area contributed by atoms with E-state index in [2.05, 4.69) is 11.9 Å². The van der Waals surface area contributed by atoms with Crippen LogP contribution in [0, 0.1) is 6.92 Å². The van der Waals surface area contributed by atoms with Crippen molar-refractivity contribution in [1.29, 1.82) is 0 Å². The summed E-state index contributed by atoms with van der Waals surface area (Å²) in [6.45, 7) is 6.16. The molecule has 0 bridgehead atoms. The summed E-state index contributed by atoms with van der Waals surface area (Å²) >= 11 is 0. The minimum atomic E-state index is -3.63. The van der Waals surface area contributed by atoms with E-state index in [-0.39, 0.29) is 10.8 Å². The number of nitrogens with one attached hydrogen (secondary N) is 1. The quantitative estimate of drug-likeness (QED) is 0.837. The van der Waals surface area contributed by atoms with Crippen molar-refractivity contribution in [2.24, 2.45) is 0 Å². The number of nitrogens with zero attached hydrogens (tertiary/aromatic N) is 1. The van der Waals surface area contributed by atoms with Gasteiger partial charge in [-0.2, -0.15) is 4.31 Å². The van der Waals surface area contributed by atoms with Crippen LogP contribution >= 0.6 is 0 Å². The summed E-state index contributed by atoms with van der Waals surface area (Å²) < 4.78 is 26.6. The van der Waals surface area contributed by atoms with Gasteiger partial charge in [0.2, 0.25) is 15.9 Å². The smallest absolute Gasteiger partial charge is 0.243 e. The third-order valence-electron chi connectivity index (χ3n) is 3.55. The molecule has 1 heterocycles. The number of carbonyl (C=O) groups is 1. The van der Waals surface area contributed by atoms with Crippen molar-refractivity contribution in [2.75, 3.05) is 13.1 Å². The van der Waals surface area contributed by atoms with Crippen LogP contribution in [0.5, 0.6) is 0 Å². The van der Waals surface area contributed by atoms with Gasteiger partial charge in [0.1, 0.15) is 6.04 Å². The van der Waals surface area contributed by atoms with Crippen LogP contribution in [-0.4, -0.2) is 37.8 Å². The highest BCUT2D eigenvalue weighted by Gasteiger charge is 2.39. The fourth-order valence-corrected chi connectivity index (χ4v) is 4.08. The molecule has 5 nitrogen and oxygen atoms in total. The monoisotopic (exact) mass is 308 g/mol. The number of hydrogen-bond donors (Lipinski definition) is 1. The first-order chi connectivity index (χ1) is 9.96. The first-order valence-electron chi connectivity index (χ1n) is 6.94. The van der Waals surface area contributed by atoms with Crippen LogP contribution in [0.3, 0.4) is 0 Å². The van der Waals surface area contributed by atoms with E-state index in [0.29, 0.717) is 25.9 Å². The minimum Gasteiger partial charge on any atom is -0.351 e. The molecule has 0 aromatic heterocycles. The summed E-state index contributed by atoms with van der Waals surface area (Å²) in [5.41, 5.74) is 0.996. The van der Waals surface area contributed by atoms with Gasteiger partial charge < -0.3 is 5.32 Å². The van der Waals surface area contributed by atoms with Gasteiger partial charge in [0, 0.05) is 13.1 Å². The minimum absolute atomic E-state index is 0.233. The highest BCUT2D eigenvalue weighted by atomic mass is 32.2. The van der Waals surface area contributed by atoms with E-state index in [0.717, 1.165) is 5.56 Å². The number of benzene rings is 1. The lowest BCUT2D eigenvalue weighted by Gasteiger charge is -2.23. The van der Waals surface area contributed by atoms with Gasteiger partial charge in [-0.15, -0.1) is 6.58 Å². The van der Waals surface area contributed by atoms with E-state index < -0.39 is 16.1 Å². The van der Waals surface area contributed by atoms with Gasteiger partial charge >= 0.3 is 0 Å². The largest absolute Gasteiger partial charge is 0.351 e. The molecule has 0 unspecified atom stereocenters. The summed E-state index contributed by atoms with van der Waals surface area (Å²) in [5, 5.41) is 2.67. The van der Waals surface area contributed by atoms with Crippen LogP contribution < -0.4 is 5.32 Å². The van der Waals surface area contributed by atoms with Crippen molar-refractivity contribution < 1.29 is 13.2 Å².